The molecular formula is C29H34ClN3O5S. The Morgan fingerprint density at radius 2 is 1.67 bits per heavy atom. The lowest BCUT2D eigenvalue weighted by molar-refractivity contribution is -0.139. The maximum Gasteiger partial charge on any atom is 0.264 e. The number of carbonyl (C=O) groups excluding carboxylic acids is 2. The van der Waals surface area contributed by atoms with Gasteiger partial charge in [-0.2, -0.15) is 0 Å². The van der Waals surface area contributed by atoms with E-state index in [2.05, 4.69) is 5.32 Å². The second-order valence-corrected chi connectivity index (χ2v) is 11.5. The van der Waals surface area contributed by atoms with Crippen LogP contribution >= 0.6 is 11.6 Å². The number of aryl methyl sites for hydroxylation is 2. The Labute approximate surface area is 235 Å². The fourth-order valence-electron chi connectivity index (χ4n) is 4.08. The Morgan fingerprint density at radius 1 is 1.00 bits per heavy atom. The van der Waals surface area contributed by atoms with E-state index in [4.69, 9.17) is 16.3 Å². The number of anilines is 1. The van der Waals surface area contributed by atoms with E-state index in [9.17, 15) is 18.0 Å². The number of amides is 2. The number of sulfonamides is 1. The molecule has 3 aromatic carbocycles. The minimum Gasteiger partial charge on any atom is -0.495 e. The summed E-state index contributed by atoms with van der Waals surface area (Å²) in [6.45, 7) is 6.97. The van der Waals surface area contributed by atoms with E-state index in [0.717, 1.165) is 15.4 Å². The number of likely N-dealkylation sites (N-methyl/N-ethyl adjacent to an activating group) is 1. The number of methoxy groups -OCH3 is 1. The predicted octanol–water partition coefficient (Wildman–Crippen LogP) is 4.71. The number of ether oxygens (including phenoxy) is 1. The van der Waals surface area contributed by atoms with Gasteiger partial charge in [0.1, 0.15) is 18.3 Å². The summed E-state index contributed by atoms with van der Waals surface area (Å²) in [5.41, 5.74) is 2.61. The minimum absolute atomic E-state index is 0.0302. The number of hydrogen-bond acceptors (Lipinski definition) is 5. The van der Waals surface area contributed by atoms with Gasteiger partial charge in [-0.3, -0.25) is 13.9 Å². The van der Waals surface area contributed by atoms with E-state index in [0.29, 0.717) is 22.9 Å². The molecule has 0 aliphatic heterocycles. The molecular weight excluding hydrogens is 538 g/mol. The van der Waals surface area contributed by atoms with E-state index in [1.807, 2.05) is 13.8 Å². The van der Waals surface area contributed by atoms with Gasteiger partial charge in [-0.1, -0.05) is 47.5 Å². The first-order chi connectivity index (χ1) is 18.5. The highest BCUT2D eigenvalue weighted by atomic mass is 35.5. The van der Waals surface area contributed by atoms with Gasteiger partial charge in [-0.25, -0.2) is 8.42 Å². The molecule has 0 aromatic heterocycles. The first-order valence-corrected chi connectivity index (χ1v) is 14.4. The average molecular weight is 572 g/mol. The summed E-state index contributed by atoms with van der Waals surface area (Å²) in [5, 5.41) is 3.22. The fraction of sp³-hybridized carbons (Fsp3) is 0.310. The van der Waals surface area contributed by atoms with Crippen LogP contribution in [0.15, 0.2) is 71.6 Å². The molecule has 8 nitrogen and oxygen atoms in total. The summed E-state index contributed by atoms with van der Waals surface area (Å²) in [5.74, 6) is -0.621. The monoisotopic (exact) mass is 571 g/mol. The van der Waals surface area contributed by atoms with Crippen LogP contribution in [0.5, 0.6) is 5.75 Å². The predicted molar refractivity (Wildman–Crippen MR) is 154 cm³/mol. The minimum atomic E-state index is -4.20. The highest BCUT2D eigenvalue weighted by Gasteiger charge is 2.33. The summed E-state index contributed by atoms with van der Waals surface area (Å²) in [6, 6.07) is 17.6. The van der Waals surface area contributed by atoms with E-state index < -0.39 is 28.5 Å². The van der Waals surface area contributed by atoms with Crippen LogP contribution in [0.3, 0.4) is 0 Å². The van der Waals surface area contributed by atoms with Crippen LogP contribution < -0.4 is 14.4 Å². The molecule has 0 saturated heterocycles. The Hall–Kier alpha value is -3.56. The van der Waals surface area contributed by atoms with Crippen LogP contribution in [-0.4, -0.2) is 51.4 Å². The van der Waals surface area contributed by atoms with Crippen LogP contribution in [-0.2, 0) is 26.2 Å². The van der Waals surface area contributed by atoms with Crippen molar-refractivity contribution in [1.82, 2.24) is 10.2 Å². The number of nitrogens with zero attached hydrogens (tertiary/aromatic N) is 2. The van der Waals surface area contributed by atoms with Gasteiger partial charge in [0.25, 0.3) is 10.0 Å². The molecule has 1 atom stereocenters. The van der Waals surface area contributed by atoms with Gasteiger partial charge in [-0.05, 0) is 75.2 Å². The topological polar surface area (TPSA) is 96.0 Å². The second kappa shape index (κ2) is 13.0. The normalized spacial score (nSPS) is 11.9. The number of carbonyl (C=O) groups is 2. The molecule has 0 fully saturated rings. The number of nitrogens with one attached hydrogen (secondary N) is 1. The van der Waals surface area contributed by atoms with Crippen LogP contribution in [0.25, 0.3) is 0 Å². The molecule has 3 aromatic rings. The number of halogens is 1. The Morgan fingerprint density at radius 3 is 2.28 bits per heavy atom. The Bertz CT molecular complexity index is 1430. The van der Waals surface area contributed by atoms with Crippen LogP contribution in [0.1, 0.15) is 30.5 Å². The molecule has 2 amide bonds. The first-order valence-electron chi connectivity index (χ1n) is 12.5. The van der Waals surface area contributed by atoms with Gasteiger partial charge in [0.15, 0.2) is 0 Å². The third-order valence-electron chi connectivity index (χ3n) is 6.25. The standard InChI is InChI=1S/C29H34ClN3O5S/c1-6-31-29(35)22(4)32(18-23-8-7-9-24(30)17-23)28(34)19-33(26-16-21(3)12-15-27(26)38-5)39(36,37)25-13-10-20(2)11-14-25/h7-17,22H,6,18-19H2,1-5H3,(H,31,35). The van der Waals surface area contributed by atoms with E-state index in [-0.39, 0.29) is 23.0 Å². The van der Waals surface area contributed by atoms with Crippen LogP contribution in [0, 0.1) is 13.8 Å². The molecule has 0 bridgehead atoms. The molecule has 1 unspecified atom stereocenters. The van der Waals surface area contributed by atoms with Crippen LogP contribution in [0.2, 0.25) is 5.02 Å². The van der Waals surface area contributed by atoms with Crippen molar-refractivity contribution in [3.63, 3.8) is 0 Å². The fourth-order valence-corrected chi connectivity index (χ4v) is 5.71. The molecule has 0 spiro atoms. The molecule has 0 saturated carbocycles. The number of benzene rings is 3. The summed E-state index contributed by atoms with van der Waals surface area (Å²) in [4.78, 5) is 28.2. The highest BCUT2D eigenvalue weighted by molar-refractivity contribution is 7.92. The summed E-state index contributed by atoms with van der Waals surface area (Å²) >= 11 is 6.17. The number of hydrogen-bond donors (Lipinski definition) is 1. The highest BCUT2D eigenvalue weighted by Crippen LogP contribution is 2.34. The molecule has 0 aliphatic carbocycles. The zero-order valence-electron chi connectivity index (χ0n) is 22.8. The zero-order valence-corrected chi connectivity index (χ0v) is 24.3. The van der Waals surface area contributed by atoms with Crippen molar-refractivity contribution in [2.24, 2.45) is 0 Å². The van der Waals surface area contributed by atoms with Crippen molar-refractivity contribution < 1.29 is 22.7 Å². The molecule has 0 heterocycles. The van der Waals surface area contributed by atoms with E-state index >= 15 is 0 Å². The lowest BCUT2D eigenvalue weighted by atomic mass is 10.1. The lowest BCUT2D eigenvalue weighted by Gasteiger charge is -2.32. The molecule has 39 heavy (non-hydrogen) atoms. The Kier molecular flexibility index (Phi) is 9.99. The van der Waals surface area contributed by atoms with Gasteiger partial charge in [0.2, 0.25) is 11.8 Å². The average Bonchev–Trinajstić information content (AvgIpc) is 2.90. The third kappa shape index (κ3) is 7.30. The largest absolute Gasteiger partial charge is 0.495 e. The molecule has 1 N–H and O–H groups in total. The van der Waals surface area contributed by atoms with Gasteiger partial charge in [-0.15, -0.1) is 0 Å². The quantitative estimate of drug-likeness (QED) is 0.359. The Balaban J connectivity index is 2.10. The smallest absolute Gasteiger partial charge is 0.264 e. The van der Waals surface area contributed by atoms with E-state index in [1.54, 1.807) is 68.4 Å². The zero-order chi connectivity index (χ0) is 28.7. The summed E-state index contributed by atoms with van der Waals surface area (Å²) in [6.07, 6.45) is 0. The number of rotatable bonds is 11. The second-order valence-electron chi connectivity index (χ2n) is 9.22. The van der Waals surface area contributed by atoms with Crippen LogP contribution in [0.4, 0.5) is 5.69 Å². The van der Waals surface area contributed by atoms with Gasteiger partial charge in [0.05, 0.1) is 17.7 Å². The van der Waals surface area contributed by atoms with Gasteiger partial charge in [0, 0.05) is 18.1 Å². The first kappa shape index (κ1) is 30.0. The van der Waals surface area contributed by atoms with Crippen molar-refractivity contribution in [2.45, 2.75) is 45.2 Å². The maximum absolute atomic E-state index is 14.0. The molecule has 10 heteroatoms. The molecule has 0 aliphatic rings. The van der Waals surface area contributed by atoms with E-state index in [1.165, 1.54) is 24.1 Å². The lowest BCUT2D eigenvalue weighted by Crippen LogP contribution is -2.51. The van der Waals surface area contributed by atoms with Crippen molar-refractivity contribution in [2.75, 3.05) is 24.5 Å². The molecule has 208 valence electrons. The van der Waals surface area contributed by atoms with Crippen molar-refractivity contribution in [3.05, 3.63) is 88.4 Å². The summed E-state index contributed by atoms with van der Waals surface area (Å²) in [7, 11) is -2.76. The van der Waals surface area contributed by atoms with Crippen molar-refractivity contribution in [1.29, 1.82) is 0 Å². The summed E-state index contributed by atoms with van der Waals surface area (Å²) < 4.78 is 34.5. The maximum atomic E-state index is 14.0. The van der Waals surface area contributed by atoms with Crippen molar-refractivity contribution in [3.8, 4) is 5.75 Å². The SMILES string of the molecule is CCNC(=O)C(C)N(Cc1cccc(Cl)c1)C(=O)CN(c1cc(C)ccc1OC)S(=O)(=O)c1ccc(C)cc1. The van der Waals surface area contributed by atoms with Gasteiger partial charge < -0.3 is 15.0 Å². The van der Waals surface area contributed by atoms with Gasteiger partial charge >= 0.3 is 0 Å². The molecule has 3 rings (SSSR count). The van der Waals surface area contributed by atoms with Crippen molar-refractivity contribution >= 4 is 39.1 Å². The third-order valence-corrected chi connectivity index (χ3v) is 8.26. The molecule has 0 radical (unpaired) electrons.